The van der Waals surface area contributed by atoms with Gasteiger partial charge in [0.25, 0.3) is 0 Å². The minimum Gasteiger partial charge on any atom is -0.305 e. The Labute approximate surface area is 139 Å². The summed E-state index contributed by atoms with van der Waals surface area (Å²) in [6.45, 7) is 2.83. The van der Waals surface area contributed by atoms with Crippen molar-refractivity contribution in [2.24, 2.45) is 0 Å². The fourth-order valence-electron chi connectivity index (χ4n) is 2.17. The second kappa shape index (κ2) is 7.10. The molecular formula is C16H17ClFO4P. The van der Waals surface area contributed by atoms with Crippen molar-refractivity contribution in [3.05, 3.63) is 48.0 Å². The van der Waals surface area contributed by atoms with Gasteiger partial charge in [-0.2, -0.15) is 0 Å². The molecule has 0 amide bonds. The number of ketones is 1. The van der Waals surface area contributed by atoms with Gasteiger partial charge in [0.1, 0.15) is 0 Å². The summed E-state index contributed by atoms with van der Waals surface area (Å²) in [5, 5.41) is 1.63. The van der Waals surface area contributed by atoms with Crippen LogP contribution in [0.1, 0.15) is 24.2 Å². The molecular weight excluding hydrogens is 342 g/mol. The van der Waals surface area contributed by atoms with Crippen molar-refractivity contribution in [3.8, 4) is 0 Å². The second-order valence-corrected chi connectivity index (χ2v) is 7.68. The van der Waals surface area contributed by atoms with Gasteiger partial charge in [-0.05, 0) is 30.7 Å². The molecule has 0 spiro atoms. The lowest BCUT2D eigenvalue weighted by atomic mass is 10.0. The number of halogens is 2. The molecule has 0 heterocycles. The van der Waals surface area contributed by atoms with E-state index in [4.69, 9.17) is 20.6 Å². The van der Waals surface area contributed by atoms with Gasteiger partial charge < -0.3 is 9.05 Å². The molecule has 0 N–H and O–H groups in total. The van der Waals surface area contributed by atoms with Crippen LogP contribution in [0.3, 0.4) is 0 Å². The van der Waals surface area contributed by atoms with Crippen molar-refractivity contribution in [2.45, 2.75) is 18.7 Å². The number of rotatable bonds is 7. The molecule has 0 aliphatic rings. The zero-order chi connectivity index (χ0) is 17.1. The van der Waals surface area contributed by atoms with E-state index in [-0.39, 0.29) is 18.8 Å². The van der Waals surface area contributed by atoms with E-state index in [1.165, 1.54) is 26.0 Å². The first kappa shape index (κ1) is 18.1. The quantitative estimate of drug-likeness (QED) is 0.390. The molecule has 0 aromatic heterocycles. The van der Waals surface area contributed by atoms with E-state index < -0.39 is 18.2 Å². The van der Waals surface area contributed by atoms with Gasteiger partial charge in [0.2, 0.25) is 5.78 Å². The Morgan fingerprint density at radius 1 is 1.13 bits per heavy atom. The summed E-state index contributed by atoms with van der Waals surface area (Å²) in [5.74, 6) is -1.14. The minimum absolute atomic E-state index is 0.000770. The SMILES string of the molecule is CCOP(=O)(OCC)[C@](F)(Cl)C(=O)c1ccc2ccccc2c1. The van der Waals surface area contributed by atoms with Gasteiger partial charge in [0.15, 0.2) is 0 Å². The van der Waals surface area contributed by atoms with Crippen LogP contribution in [0.4, 0.5) is 4.39 Å². The minimum atomic E-state index is -4.46. The number of benzene rings is 2. The largest absolute Gasteiger partial charge is 0.391 e. The molecule has 0 unspecified atom stereocenters. The third-order valence-electron chi connectivity index (χ3n) is 3.23. The van der Waals surface area contributed by atoms with E-state index in [1.807, 2.05) is 12.1 Å². The first-order valence-electron chi connectivity index (χ1n) is 7.16. The standard InChI is InChI=1S/C16H17ClFO4P/c1-3-21-23(20,22-4-2)16(17,18)15(19)14-10-9-12-7-5-6-8-13(12)11-14/h5-11H,3-4H2,1-2H3/t16-/m0/s1. The molecule has 2 aromatic carbocycles. The Morgan fingerprint density at radius 2 is 1.70 bits per heavy atom. The maximum atomic E-state index is 14.9. The molecule has 2 rings (SSSR count). The van der Waals surface area contributed by atoms with Gasteiger partial charge in [-0.1, -0.05) is 48.0 Å². The molecule has 23 heavy (non-hydrogen) atoms. The van der Waals surface area contributed by atoms with E-state index in [2.05, 4.69) is 0 Å². The highest BCUT2D eigenvalue weighted by Crippen LogP contribution is 2.64. The zero-order valence-electron chi connectivity index (χ0n) is 12.8. The molecule has 124 valence electrons. The van der Waals surface area contributed by atoms with Gasteiger partial charge in [0.05, 0.1) is 13.2 Å². The van der Waals surface area contributed by atoms with Crippen LogP contribution in [-0.2, 0) is 13.6 Å². The summed E-state index contributed by atoms with van der Waals surface area (Å²) in [6, 6.07) is 11.9. The summed E-state index contributed by atoms with van der Waals surface area (Å²) in [5.41, 5.74) is 0.000770. The maximum Gasteiger partial charge on any atom is 0.391 e. The number of fused-ring (bicyclic) bond motifs is 1. The highest BCUT2D eigenvalue weighted by Gasteiger charge is 2.57. The predicted octanol–water partition coefficient (Wildman–Crippen LogP) is 5.15. The van der Waals surface area contributed by atoms with Crippen LogP contribution >= 0.6 is 19.2 Å². The Kier molecular flexibility index (Phi) is 5.58. The lowest BCUT2D eigenvalue weighted by molar-refractivity contribution is 0.0854. The number of alkyl halides is 2. The molecule has 7 heteroatoms. The van der Waals surface area contributed by atoms with E-state index >= 15 is 0 Å². The van der Waals surface area contributed by atoms with Gasteiger partial charge in [-0.25, -0.2) is 4.39 Å². The molecule has 0 saturated carbocycles. The number of hydrogen-bond acceptors (Lipinski definition) is 4. The predicted molar refractivity (Wildman–Crippen MR) is 88.8 cm³/mol. The second-order valence-electron chi connectivity index (χ2n) is 4.77. The Hall–Kier alpha value is -1.26. The van der Waals surface area contributed by atoms with Crippen molar-refractivity contribution in [3.63, 3.8) is 0 Å². The van der Waals surface area contributed by atoms with Gasteiger partial charge in [0, 0.05) is 5.56 Å². The lowest BCUT2D eigenvalue weighted by Gasteiger charge is -2.26. The van der Waals surface area contributed by atoms with Crippen molar-refractivity contribution in [1.82, 2.24) is 0 Å². The van der Waals surface area contributed by atoms with E-state index in [1.54, 1.807) is 18.2 Å². The Balaban J connectivity index is 2.44. The van der Waals surface area contributed by atoms with Gasteiger partial charge >= 0.3 is 12.5 Å². The van der Waals surface area contributed by atoms with Crippen molar-refractivity contribution >= 4 is 35.8 Å². The number of Topliss-reactive ketones (excluding diaryl/α,β-unsaturated/α-hetero) is 1. The third kappa shape index (κ3) is 3.48. The molecule has 0 saturated heterocycles. The summed E-state index contributed by atoms with van der Waals surface area (Å²) < 4.78 is 37.2. The Morgan fingerprint density at radius 3 is 2.26 bits per heavy atom. The fourth-order valence-corrected chi connectivity index (χ4v) is 4.03. The summed E-state index contributed by atoms with van der Waals surface area (Å²) in [4.78, 5) is 9.19. The first-order chi connectivity index (χ1) is 10.9. The van der Waals surface area contributed by atoms with Crippen LogP contribution in [0.2, 0.25) is 0 Å². The van der Waals surface area contributed by atoms with Crippen LogP contribution in [0.25, 0.3) is 10.8 Å². The summed E-state index contributed by atoms with van der Waals surface area (Å²) >= 11 is 5.71. The Bertz CT molecular complexity index is 753. The highest BCUT2D eigenvalue weighted by atomic mass is 35.5. The van der Waals surface area contributed by atoms with Crippen molar-refractivity contribution in [2.75, 3.05) is 13.2 Å². The van der Waals surface area contributed by atoms with Crippen LogP contribution in [0, 0.1) is 0 Å². The molecule has 0 aliphatic heterocycles. The van der Waals surface area contributed by atoms with E-state index in [0.29, 0.717) is 0 Å². The fraction of sp³-hybridized carbons (Fsp3) is 0.312. The highest BCUT2D eigenvalue weighted by molar-refractivity contribution is 7.58. The first-order valence-corrected chi connectivity index (χ1v) is 9.08. The molecule has 1 atom stereocenters. The number of carbonyl (C=O) groups excluding carboxylic acids is 1. The van der Waals surface area contributed by atoms with Crippen molar-refractivity contribution < 1.29 is 22.8 Å². The van der Waals surface area contributed by atoms with Gasteiger partial charge in [-0.3, -0.25) is 9.36 Å². The monoisotopic (exact) mass is 358 g/mol. The van der Waals surface area contributed by atoms with Crippen LogP contribution in [0.15, 0.2) is 42.5 Å². The summed E-state index contributed by atoms with van der Waals surface area (Å²) in [7, 11) is -4.46. The molecule has 2 aromatic rings. The summed E-state index contributed by atoms with van der Waals surface area (Å²) in [6.07, 6.45) is 0. The van der Waals surface area contributed by atoms with E-state index in [0.717, 1.165) is 10.8 Å². The molecule has 0 radical (unpaired) electrons. The smallest absolute Gasteiger partial charge is 0.305 e. The van der Waals surface area contributed by atoms with Crippen LogP contribution in [-0.4, -0.2) is 23.9 Å². The molecule has 0 aliphatic carbocycles. The van der Waals surface area contributed by atoms with Crippen molar-refractivity contribution in [1.29, 1.82) is 0 Å². The topological polar surface area (TPSA) is 52.6 Å². The average Bonchev–Trinajstić information content (AvgIpc) is 2.54. The normalized spacial score (nSPS) is 14.6. The van der Waals surface area contributed by atoms with E-state index in [9.17, 15) is 13.8 Å². The number of carbonyl (C=O) groups is 1. The lowest BCUT2D eigenvalue weighted by Crippen LogP contribution is -2.29. The number of hydrogen-bond donors (Lipinski definition) is 0. The van der Waals surface area contributed by atoms with Crippen LogP contribution < -0.4 is 0 Å². The van der Waals surface area contributed by atoms with Gasteiger partial charge in [-0.15, -0.1) is 0 Å². The average molecular weight is 359 g/mol. The zero-order valence-corrected chi connectivity index (χ0v) is 14.4. The maximum absolute atomic E-state index is 14.9. The molecule has 0 fully saturated rings. The molecule has 4 nitrogen and oxygen atoms in total. The molecule has 0 bridgehead atoms. The van der Waals surface area contributed by atoms with Crippen LogP contribution in [0.5, 0.6) is 0 Å². The third-order valence-corrected chi connectivity index (χ3v) is 6.11.